The maximum atomic E-state index is 12.0. The Labute approximate surface area is 111 Å². The topological polar surface area (TPSA) is 95.9 Å². The van der Waals surface area contributed by atoms with E-state index in [2.05, 4.69) is 10.1 Å². The summed E-state index contributed by atoms with van der Waals surface area (Å²) in [7, 11) is 1.24. The van der Waals surface area contributed by atoms with E-state index in [4.69, 9.17) is 5.11 Å². The van der Waals surface area contributed by atoms with Gasteiger partial charge in [-0.25, -0.2) is 9.59 Å². The SMILES string of the molecule is CCCN(CC(=O)OC)C(=O)NC(C(=O)O)C1CC1. The van der Waals surface area contributed by atoms with Crippen LogP contribution in [-0.4, -0.2) is 54.2 Å². The fraction of sp³-hybridized carbons (Fsp3) is 0.750. The number of amides is 2. The Morgan fingerprint density at radius 2 is 2.05 bits per heavy atom. The number of esters is 1. The first-order valence-corrected chi connectivity index (χ1v) is 6.34. The zero-order valence-electron chi connectivity index (χ0n) is 11.2. The first kappa shape index (κ1) is 15.3. The molecule has 108 valence electrons. The average Bonchev–Trinajstić information content (AvgIpc) is 3.18. The van der Waals surface area contributed by atoms with Gasteiger partial charge in [0.15, 0.2) is 0 Å². The third-order valence-corrected chi connectivity index (χ3v) is 2.97. The van der Waals surface area contributed by atoms with Gasteiger partial charge in [0.1, 0.15) is 12.6 Å². The number of ether oxygens (including phenoxy) is 1. The second-order valence-electron chi connectivity index (χ2n) is 4.60. The highest BCUT2D eigenvalue weighted by molar-refractivity contribution is 5.85. The van der Waals surface area contributed by atoms with Crippen LogP contribution in [0.3, 0.4) is 0 Å². The molecule has 0 heterocycles. The van der Waals surface area contributed by atoms with Crippen molar-refractivity contribution in [1.82, 2.24) is 10.2 Å². The number of hydrogen-bond acceptors (Lipinski definition) is 4. The van der Waals surface area contributed by atoms with Crippen molar-refractivity contribution in [2.24, 2.45) is 5.92 Å². The molecule has 2 amide bonds. The van der Waals surface area contributed by atoms with Crippen LogP contribution in [0.4, 0.5) is 4.79 Å². The number of carboxylic acid groups (broad SMARTS) is 1. The fourth-order valence-corrected chi connectivity index (χ4v) is 1.78. The summed E-state index contributed by atoms with van der Waals surface area (Å²) in [6, 6.07) is -1.41. The molecule has 0 bridgehead atoms. The summed E-state index contributed by atoms with van der Waals surface area (Å²) in [5, 5.41) is 11.5. The molecule has 1 rings (SSSR count). The van der Waals surface area contributed by atoms with Crippen LogP contribution in [0.1, 0.15) is 26.2 Å². The summed E-state index contributed by atoms with van der Waals surface area (Å²) in [6.45, 7) is 2.07. The van der Waals surface area contributed by atoms with E-state index in [1.54, 1.807) is 0 Å². The van der Waals surface area contributed by atoms with E-state index in [1.807, 2.05) is 6.92 Å². The summed E-state index contributed by atoms with van der Waals surface area (Å²) in [6.07, 6.45) is 2.29. The zero-order chi connectivity index (χ0) is 14.4. The highest BCUT2D eigenvalue weighted by Crippen LogP contribution is 2.32. The summed E-state index contributed by atoms with van der Waals surface area (Å²) < 4.78 is 4.51. The Morgan fingerprint density at radius 3 is 2.47 bits per heavy atom. The van der Waals surface area contributed by atoms with Crippen LogP contribution in [0.25, 0.3) is 0 Å². The molecular weight excluding hydrogens is 252 g/mol. The molecule has 0 radical (unpaired) electrons. The maximum absolute atomic E-state index is 12.0. The van der Waals surface area contributed by atoms with Crippen molar-refractivity contribution in [3.05, 3.63) is 0 Å². The first-order valence-electron chi connectivity index (χ1n) is 6.34. The van der Waals surface area contributed by atoms with Gasteiger partial charge in [-0.1, -0.05) is 6.92 Å². The molecule has 1 fully saturated rings. The van der Waals surface area contributed by atoms with Gasteiger partial charge < -0.3 is 20.1 Å². The molecule has 0 aromatic rings. The molecule has 7 nitrogen and oxygen atoms in total. The van der Waals surface area contributed by atoms with Crippen LogP contribution in [0, 0.1) is 5.92 Å². The Kier molecular flexibility index (Phi) is 5.59. The van der Waals surface area contributed by atoms with Crippen LogP contribution in [-0.2, 0) is 14.3 Å². The highest BCUT2D eigenvalue weighted by Gasteiger charge is 2.38. The molecule has 1 atom stereocenters. The number of carbonyl (C=O) groups is 3. The number of urea groups is 1. The minimum atomic E-state index is -1.04. The molecule has 1 aliphatic rings. The van der Waals surface area contributed by atoms with Crippen LogP contribution >= 0.6 is 0 Å². The van der Waals surface area contributed by atoms with Crippen molar-refractivity contribution in [3.63, 3.8) is 0 Å². The van der Waals surface area contributed by atoms with Gasteiger partial charge in [0, 0.05) is 6.54 Å². The largest absolute Gasteiger partial charge is 0.480 e. The molecule has 0 aromatic heterocycles. The molecular formula is C12H20N2O5. The van der Waals surface area contributed by atoms with E-state index in [1.165, 1.54) is 12.0 Å². The Hall–Kier alpha value is -1.79. The van der Waals surface area contributed by atoms with Crippen LogP contribution in [0.5, 0.6) is 0 Å². The van der Waals surface area contributed by atoms with Gasteiger partial charge in [-0.2, -0.15) is 0 Å². The van der Waals surface area contributed by atoms with E-state index in [9.17, 15) is 14.4 Å². The van der Waals surface area contributed by atoms with E-state index < -0.39 is 24.0 Å². The molecule has 0 aliphatic heterocycles. The molecule has 1 saturated carbocycles. The summed E-state index contributed by atoms with van der Waals surface area (Å²) in [5.41, 5.74) is 0. The fourth-order valence-electron chi connectivity index (χ4n) is 1.78. The molecule has 0 aromatic carbocycles. The lowest BCUT2D eigenvalue weighted by Gasteiger charge is -2.23. The molecule has 1 unspecified atom stereocenters. The number of hydrogen-bond donors (Lipinski definition) is 2. The van der Waals surface area contributed by atoms with Crippen molar-refractivity contribution >= 4 is 18.0 Å². The Morgan fingerprint density at radius 1 is 1.42 bits per heavy atom. The number of aliphatic carboxylic acids is 1. The van der Waals surface area contributed by atoms with E-state index in [0.717, 1.165) is 12.8 Å². The molecule has 2 N–H and O–H groups in total. The van der Waals surface area contributed by atoms with Gasteiger partial charge >= 0.3 is 18.0 Å². The summed E-state index contributed by atoms with van der Waals surface area (Å²) in [4.78, 5) is 35.5. The quantitative estimate of drug-likeness (QED) is 0.656. The lowest BCUT2D eigenvalue weighted by molar-refractivity contribution is -0.141. The van der Waals surface area contributed by atoms with Gasteiger partial charge in [0.2, 0.25) is 0 Å². The highest BCUT2D eigenvalue weighted by atomic mass is 16.5. The van der Waals surface area contributed by atoms with E-state index in [-0.39, 0.29) is 12.5 Å². The number of methoxy groups -OCH3 is 1. The van der Waals surface area contributed by atoms with Gasteiger partial charge in [0.25, 0.3) is 0 Å². The smallest absolute Gasteiger partial charge is 0.326 e. The van der Waals surface area contributed by atoms with Crippen molar-refractivity contribution in [2.45, 2.75) is 32.2 Å². The van der Waals surface area contributed by atoms with Crippen molar-refractivity contribution in [2.75, 3.05) is 20.2 Å². The van der Waals surface area contributed by atoms with Gasteiger partial charge in [-0.05, 0) is 25.2 Å². The third kappa shape index (κ3) is 4.76. The Balaban J connectivity index is 2.59. The second-order valence-corrected chi connectivity index (χ2v) is 4.60. The molecule has 0 spiro atoms. The Bertz CT molecular complexity index is 354. The monoisotopic (exact) mass is 272 g/mol. The summed E-state index contributed by atoms with van der Waals surface area (Å²) in [5.74, 6) is -1.56. The number of nitrogens with one attached hydrogen (secondary N) is 1. The molecule has 1 aliphatic carbocycles. The van der Waals surface area contributed by atoms with Crippen LogP contribution in [0.2, 0.25) is 0 Å². The third-order valence-electron chi connectivity index (χ3n) is 2.97. The number of carbonyl (C=O) groups excluding carboxylic acids is 2. The predicted molar refractivity (Wildman–Crippen MR) is 66.6 cm³/mol. The minimum Gasteiger partial charge on any atom is -0.480 e. The molecule has 19 heavy (non-hydrogen) atoms. The van der Waals surface area contributed by atoms with Crippen molar-refractivity contribution in [1.29, 1.82) is 0 Å². The number of carboxylic acids is 1. The average molecular weight is 272 g/mol. The second kappa shape index (κ2) is 6.96. The van der Waals surface area contributed by atoms with Gasteiger partial charge in [-0.3, -0.25) is 4.79 Å². The van der Waals surface area contributed by atoms with E-state index in [0.29, 0.717) is 13.0 Å². The number of rotatable bonds is 7. The first-order chi connectivity index (χ1) is 8.99. The molecule has 7 heteroatoms. The van der Waals surface area contributed by atoms with Crippen molar-refractivity contribution in [3.8, 4) is 0 Å². The number of nitrogens with zero attached hydrogens (tertiary/aromatic N) is 1. The molecule has 0 saturated heterocycles. The normalized spacial score (nSPS) is 15.5. The predicted octanol–water partition coefficient (Wildman–Crippen LogP) is 0.444. The standard InChI is InChI=1S/C12H20N2O5/c1-3-6-14(7-9(15)19-2)12(18)13-10(11(16)17)8-4-5-8/h8,10H,3-7H2,1-2H3,(H,13,18)(H,16,17). The van der Waals surface area contributed by atoms with Crippen LogP contribution in [0.15, 0.2) is 0 Å². The van der Waals surface area contributed by atoms with Crippen LogP contribution < -0.4 is 5.32 Å². The van der Waals surface area contributed by atoms with E-state index >= 15 is 0 Å². The minimum absolute atomic E-state index is 0.00283. The van der Waals surface area contributed by atoms with Crippen molar-refractivity contribution < 1.29 is 24.2 Å². The lowest BCUT2D eigenvalue weighted by atomic mass is 10.2. The lowest BCUT2D eigenvalue weighted by Crippen LogP contribution is -2.50. The zero-order valence-corrected chi connectivity index (χ0v) is 11.2. The maximum Gasteiger partial charge on any atom is 0.326 e. The van der Waals surface area contributed by atoms with Gasteiger partial charge in [-0.15, -0.1) is 0 Å². The summed E-state index contributed by atoms with van der Waals surface area (Å²) >= 11 is 0. The van der Waals surface area contributed by atoms with Gasteiger partial charge in [0.05, 0.1) is 7.11 Å².